The normalized spacial score (nSPS) is 11.8. The molecule has 1 unspecified atom stereocenters. The van der Waals surface area contributed by atoms with E-state index in [1.807, 2.05) is 56.3 Å². The summed E-state index contributed by atoms with van der Waals surface area (Å²) < 4.78 is 0. The third-order valence-electron chi connectivity index (χ3n) is 4.13. The average Bonchev–Trinajstić information content (AvgIpc) is 3.00. The Morgan fingerprint density at radius 3 is 2.36 bits per heavy atom. The molecule has 4 nitrogen and oxygen atoms in total. The molecule has 3 N–H and O–H groups in total. The number of anilines is 1. The predicted molar refractivity (Wildman–Crippen MR) is 118 cm³/mol. The van der Waals surface area contributed by atoms with Gasteiger partial charge in [0.25, 0.3) is 5.91 Å². The molecule has 1 aromatic heterocycles. The number of amides is 2. The zero-order chi connectivity index (χ0) is 20.3. The Bertz CT molecular complexity index is 1000. The minimum absolute atomic E-state index is 0.191. The van der Waals surface area contributed by atoms with Crippen molar-refractivity contribution in [3.05, 3.63) is 70.1 Å². The van der Waals surface area contributed by atoms with Gasteiger partial charge in [-0.3, -0.25) is 9.59 Å². The van der Waals surface area contributed by atoms with Crippen LogP contribution < -0.4 is 11.1 Å². The maximum absolute atomic E-state index is 12.7. The molecule has 0 spiro atoms. The maximum Gasteiger partial charge on any atom is 0.252 e. The van der Waals surface area contributed by atoms with E-state index in [2.05, 4.69) is 5.32 Å². The molecule has 0 saturated carbocycles. The molecule has 0 bridgehead atoms. The zero-order valence-electron chi connectivity index (χ0n) is 15.4. The van der Waals surface area contributed by atoms with Gasteiger partial charge in [-0.1, -0.05) is 41.9 Å². The minimum atomic E-state index is -0.559. The van der Waals surface area contributed by atoms with Crippen LogP contribution in [0.2, 0.25) is 5.02 Å². The number of thioether (sulfide) groups is 1. The lowest BCUT2D eigenvalue weighted by atomic mass is 10.0. The van der Waals surface area contributed by atoms with E-state index < -0.39 is 5.91 Å². The topological polar surface area (TPSA) is 72.2 Å². The van der Waals surface area contributed by atoms with Gasteiger partial charge in [0.1, 0.15) is 5.00 Å². The molecule has 0 aliphatic heterocycles. The van der Waals surface area contributed by atoms with Gasteiger partial charge < -0.3 is 11.1 Å². The molecular formula is C21H19ClN2O2S2. The second kappa shape index (κ2) is 8.82. The Labute approximate surface area is 177 Å². The van der Waals surface area contributed by atoms with Crippen LogP contribution in [0, 0.1) is 6.92 Å². The van der Waals surface area contributed by atoms with Crippen molar-refractivity contribution >= 4 is 51.5 Å². The van der Waals surface area contributed by atoms with Crippen LogP contribution in [-0.4, -0.2) is 17.1 Å². The second-order valence-corrected chi connectivity index (χ2v) is 9.25. The SMILES string of the molecule is Cc1sc(NC(=O)C(C)Sc2ccc(Cl)cc2)c(C(N)=O)c1-c1ccccc1. The number of nitrogens with two attached hydrogens (primary N) is 1. The summed E-state index contributed by atoms with van der Waals surface area (Å²) in [4.78, 5) is 26.7. The number of benzene rings is 2. The van der Waals surface area contributed by atoms with Gasteiger partial charge >= 0.3 is 0 Å². The highest BCUT2D eigenvalue weighted by atomic mass is 35.5. The molecule has 0 radical (unpaired) electrons. The van der Waals surface area contributed by atoms with E-state index in [1.165, 1.54) is 23.1 Å². The van der Waals surface area contributed by atoms with Crippen molar-refractivity contribution in [3.8, 4) is 11.1 Å². The molecule has 0 saturated heterocycles. The summed E-state index contributed by atoms with van der Waals surface area (Å²) in [6, 6.07) is 16.9. The maximum atomic E-state index is 12.7. The Kier molecular flexibility index (Phi) is 6.44. The quantitative estimate of drug-likeness (QED) is 0.500. The van der Waals surface area contributed by atoms with Crippen molar-refractivity contribution in [2.75, 3.05) is 5.32 Å². The van der Waals surface area contributed by atoms with Gasteiger partial charge in [0, 0.05) is 20.4 Å². The van der Waals surface area contributed by atoms with Crippen LogP contribution in [0.1, 0.15) is 22.2 Å². The van der Waals surface area contributed by atoms with Gasteiger partial charge in [0.05, 0.1) is 10.8 Å². The Balaban J connectivity index is 1.84. The number of aryl methyl sites for hydroxylation is 1. The van der Waals surface area contributed by atoms with E-state index in [0.717, 1.165) is 20.9 Å². The monoisotopic (exact) mass is 430 g/mol. The highest BCUT2D eigenvalue weighted by Gasteiger charge is 2.24. The molecule has 2 aromatic carbocycles. The van der Waals surface area contributed by atoms with E-state index >= 15 is 0 Å². The fourth-order valence-corrected chi connectivity index (χ4v) is 4.88. The highest BCUT2D eigenvalue weighted by Crippen LogP contribution is 2.40. The first kappa shape index (κ1) is 20.5. The fourth-order valence-electron chi connectivity index (χ4n) is 2.80. The molecule has 28 heavy (non-hydrogen) atoms. The minimum Gasteiger partial charge on any atom is -0.365 e. The van der Waals surface area contributed by atoms with Crippen LogP contribution in [-0.2, 0) is 4.79 Å². The summed E-state index contributed by atoms with van der Waals surface area (Å²) in [5.74, 6) is -0.750. The van der Waals surface area contributed by atoms with Crippen molar-refractivity contribution in [1.82, 2.24) is 0 Å². The van der Waals surface area contributed by atoms with Gasteiger partial charge in [0.15, 0.2) is 0 Å². The number of primary amides is 1. The van der Waals surface area contributed by atoms with E-state index in [1.54, 1.807) is 12.1 Å². The molecule has 7 heteroatoms. The van der Waals surface area contributed by atoms with E-state index in [0.29, 0.717) is 15.6 Å². The van der Waals surface area contributed by atoms with Crippen molar-refractivity contribution in [2.45, 2.75) is 24.0 Å². The molecule has 3 aromatic rings. The molecular weight excluding hydrogens is 412 g/mol. The number of halogens is 1. The lowest BCUT2D eigenvalue weighted by Gasteiger charge is -2.12. The first-order valence-electron chi connectivity index (χ1n) is 8.58. The summed E-state index contributed by atoms with van der Waals surface area (Å²) >= 11 is 8.68. The van der Waals surface area contributed by atoms with Gasteiger partial charge in [-0.2, -0.15) is 0 Å². The van der Waals surface area contributed by atoms with Crippen molar-refractivity contribution in [3.63, 3.8) is 0 Å². The largest absolute Gasteiger partial charge is 0.365 e. The van der Waals surface area contributed by atoms with Crippen molar-refractivity contribution < 1.29 is 9.59 Å². The summed E-state index contributed by atoms with van der Waals surface area (Å²) in [6.45, 7) is 3.73. The van der Waals surface area contributed by atoms with Crippen LogP contribution in [0.4, 0.5) is 5.00 Å². The smallest absolute Gasteiger partial charge is 0.252 e. The van der Waals surface area contributed by atoms with E-state index in [9.17, 15) is 9.59 Å². The summed E-state index contributed by atoms with van der Waals surface area (Å²) in [5, 5.41) is 3.66. The fraction of sp³-hybridized carbons (Fsp3) is 0.143. The summed E-state index contributed by atoms with van der Waals surface area (Å²) in [5.41, 5.74) is 7.67. The second-order valence-electron chi connectivity index (χ2n) is 6.17. The molecule has 3 rings (SSSR count). The summed E-state index contributed by atoms with van der Waals surface area (Å²) in [7, 11) is 0. The van der Waals surface area contributed by atoms with Crippen molar-refractivity contribution in [2.24, 2.45) is 5.73 Å². The third-order valence-corrected chi connectivity index (χ3v) is 6.51. The predicted octanol–water partition coefficient (Wildman–Crippen LogP) is 5.60. The number of thiophene rings is 1. The van der Waals surface area contributed by atoms with E-state index in [4.69, 9.17) is 17.3 Å². The molecule has 1 heterocycles. The standard InChI is InChI=1S/C21H19ClN2O2S2/c1-12-17(14-6-4-3-5-7-14)18(19(23)25)21(28-12)24-20(26)13(2)27-16-10-8-15(22)9-11-16/h3-11,13H,1-2H3,(H2,23,25)(H,24,26). The molecule has 1 atom stereocenters. The van der Waals surface area contributed by atoms with Crippen LogP contribution in [0.15, 0.2) is 59.5 Å². The van der Waals surface area contributed by atoms with Crippen LogP contribution in [0.25, 0.3) is 11.1 Å². The molecule has 2 amide bonds. The van der Waals surface area contributed by atoms with E-state index in [-0.39, 0.29) is 11.2 Å². The lowest BCUT2D eigenvalue weighted by Crippen LogP contribution is -2.23. The number of hydrogen-bond donors (Lipinski definition) is 2. The van der Waals surface area contributed by atoms with Crippen LogP contribution in [0.5, 0.6) is 0 Å². The number of nitrogens with one attached hydrogen (secondary N) is 1. The molecule has 144 valence electrons. The molecule has 0 fully saturated rings. The van der Waals surface area contributed by atoms with Crippen LogP contribution >= 0.6 is 34.7 Å². The third kappa shape index (κ3) is 4.58. The first-order chi connectivity index (χ1) is 13.4. The zero-order valence-corrected chi connectivity index (χ0v) is 17.8. The Morgan fingerprint density at radius 1 is 1.11 bits per heavy atom. The lowest BCUT2D eigenvalue weighted by molar-refractivity contribution is -0.115. The number of carbonyl (C=O) groups excluding carboxylic acids is 2. The van der Waals surface area contributed by atoms with Crippen LogP contribution in [0.3, 0.4) is 0 Å². The number of rotatable bonds is 6. The number of hydrogen-bond acceptors (Lipinski definition) is 4. The molecule has 0 aliphatic carbocycles. The Hall–Kier alpha value is -2.28. The first-order valence-corrected chi connectivity index (χ1v) is 10.7. The molecule has 0 aliphatic rings. The highest BCUT2D eigenvalue weighted by molar-refractivity contribution is 8.00. The van der Waals surface area contributed by atoms with Gasteiger partial charge in [-0.25, -0.2) is 0 Å². The average molecular weight is 431 g/mol. The Morgan fingerprint density at radius 2 is 1.75 bits per heavy atom. The van der Waals surface area contributed by atoms with Gasteiger partial charge in [0.2, 0.25) is 5.91 Å². The van der Waals surface area contributed by atoms with Gasteiger partial charge in [-0.05, 0) is 43.7 Å². The summed E-state index contributed by atoms with van der Waals surface area (Å²) in [6.07, 6.45) is 0. The van der Waals surface area contributed by atoms with Crippen molar-refractivity contribution in [1.29, 1.82) is 0 Å². The number of carbonyl (C=O) groups is 2. The van der Waals surface area contributed by atoms with Gasteiger partial charge in [-0.15, -0.1) is 23.1 Å².